The van der Waals surface area contributed by atoms with Crippen LogP contribution in [0.25, 0.3) is 0 Å². The number of unbranched alkanes of at least 4 members (excludes halogenated alkanes) is 1. The number of aromatic nitrogens is 1. The fourth-order valence-corrected chi connectivity index (χ4v) is 2.25. The molecule has 55 valence electrons. The predicted molar refractivity (Wildman–Crippen MR) is 47.4 cm³/mol. The third-order valence-electron chi connectivity index (χ3n) is 1.03. The maximum Gasteiger partial charge on any atom is 0.149 e. The molecule has 0 saturated heterocycles. The number of hydrogen-bond acceptors (Lipinski definition) is 3. The van der Waals surface area contributed by atoms with Gasteiger partial charge >= 0.3 is 0 Å². The average molecular weight is 172 g/mol. The maximum absolute atomic E-state index is 4.15. The third kappa shape index (κ3) is 2.71. The van der Waals surface area contributed by atoms with Crippen molar-refractivity contribution in [2.45, 2.75) is 17.2 Å². The van der Waals surface area contributed by atoms with Gasteiger partial charge in [0.25, 0.3) is 0 Å². The number of thiazole rings is 1. The van der Waals surface area contributed by atoms with Crippen molar-refractivity contribution in [1.29, 1.82) is 0 Å². The second-order valence-electron chi connectivity index (χ2n) is 1.85. The molecule has 0 aromatic carbocycles. The van der Waals surface area contributed by atoms with E-state index in [-0.39, 0.29) is 0 Å². The Morgan fingerprint density at radius 1 is 1.70 bits per heavy atom. The lowest BCUT2D eigenvalue weighted by molar-refractivity contribution is 0.968. The number of nitrogens with zero attached hydrogens (tertiary/aromatic N) is 1. The second kappa shape index (κ2) is 4.74. The molecule has 0 amide bonds. The fraction of sp³-hybridized carbons (Fsp3) is 0.429. The van der Waals surface area contributed by atoms with Crippen LogP contribution in [0.2, 0.25) is 0 Å². The van der Waals surface area contributed by atoms with Crippen LogP contribution < -0.4 is 0 Å². The van der Waals surface area contributed by atoms with E-state index in [1.54, 1.807) is 11.3 Å². The lowest BCUT2D eigenvalue weighted by atomic mass is 10.4. The van der Waals surface area contributed by atoms with Gasteiger partial charge in [-0.25, -0.2) is 4.98 Å². The molecule has 1 nitrogen and oxygen atoms in total. The first-order valence-electron chi connectivity index (χ1n) is 3.25. The van der Waals surface area contributed by atoms with Gasteiger partial charge in [0.2, 0.25) is 0 Å². The summed E-state index contributed by atoms with van der Waals surface area (Å²) in [7, 11) is 0. The van der Waals surface area contributed by atoms with E-state index < -0.39 is 0 Å². The van der Waals surface area contributed by atoms with Crippen molar-refractivity contribution >= 4 is 23.1 Å². The van der Waals surface area contributed by atoms with Crippen LogP contribution >= 0.6 is 23.1 Å². The SMILES string of the molecule is [CH2]CCCSc1nccs1. The Kier molecular flexibility index (Phi) is 3.83. The Hall–Kier alpha value is -0.0200. The molecule has 10 heavy (non-hydrogen) atoms. The van der Waals surface area contributed by atoms with Crippen LogP contribution in [0.5, 0.6) is 0 Å². The molecule has 1 radical (unpaired) electrons. The van der Waals surface area contributed by atoms with Gasteiger partial charge in [-0.05, 0) is 6.42 Å². The Morgan fingerprint density at radius 2 is 2.60 bits per heavy atom. The minimum atomic E-state index is 1.03. The van der Waals surface area contributed by atoms with E-state index in [2.05, 4.69) is 11.9 Å². The minimum absolute atomic E-state index is 1.03. The summed E-state index contributed by atoms with van der Waals surface area (Å²) >= 11 is 3.52. The number of hydrogen-bond donors (Lipinski definition) is 0. The summed E-state index contributed by atoms with van der Waals surface area (Å²) in [6.07, 6.45) is 4.06. The zero-order chi connectivity index (χ0) is 7.23. The smallest absolute Gasteiger partial charge is 0.149 e. The van der Waals surface area contributed by atoms with E-state index in [9.17, 15) is 0 Å². The van der Waals surface area contributed by atoms with Gasteiger partial charge < -0.3 is 0 Å². The van der Waals surface area contributed by atoms with Crippen LogP contribution in [0.1, 0.15) is 12.8 Å². The number of rotatable bonds is 4. The van der Waals surface area contributed by atoms with Crippen LogP contribution in [-0.4, -0.2) is 10.7 Å². The van der Waals surface area contributed by atoms with E-state index in [0.717, 1.165) is 12.2 Å². The topological polar surface area (TPSA) is 12.9 Å². The van der Waals surface area contributed by atoms with E-state index in [1.807, 2.05) is 23.3 Å². The molecule has 1 aromatic heterocycles. The van der Waals surface area contributed by atoms with Crippen molar-refractivity contribution in [3.8, 4) is 0 Å². The van der Waals surface area contributed by atoms with Crippen LogP contribution in [0.3, 0.4) is 0 Å². The van der Waals surface area contributed by atoms with Crippen molar-refractivity contribution in [3.63, 3.8) is 0 Å². The van der Waals surface area contributed by atoms with Gasteiger partial charge in [0.1, 0.15) is 4.34 Å². The van der Waals surface area contributed by atoms with Crippen LogP contribution in [0.15, 0.2) is 15.9 Å². The first-order valence-corrected chi connectivity index (χ1v) is 5.11. The summed E-state index contributed by atoms with van der Waals surface area (Å²) in [4.78, 5) is 4.15. The Labute approximate surface area is 69.9 Å². The molecule has 0 fully saturated rings. The highest BCUT2D eigenvalue weighted by Crippen LogP contribution is 2.20. The van der Waals surface area contributed by atoms with E-state index in [0.29, 0.717) is 0 Å². The molecule has 0 N–H and O–H groups in total. The van der Waals surface area contributed by atoms with Crippen LogP contribution in [0.4, 0.5) is 0 Å². The van der Waals surface area contributed by atoms with Crippen LogP contribution in [0, 0.1) is 6.92 Å². The lowest BCUT2D eigenvalue weighted by Crippen LogP contribution is -1.75. The summed E-state index contributed by atoms with van der Waals surface area (Å²) in [6.45, 7) is 3.77. The van der Waals surface area contributed by atoms with E-state index in [4.69, 9.17) is 0 Å². The highest BCUT2D eigenvalue weighted by Gasteiger charge is 1.93. The van der Waals surface area contributed by atoms with Gasteiger partial charge in [-0.2, -0.15) is 0 Å². The van der Waals surface area contributed by atoms with Crippen molar-refractivity contribution in [2.75, 3.05) is 5.75 Å². The largest absolute Gasteiger partial charge is 0.238 e. The molecule has 1 rings (SSSR count). The van der Waals surface area contributed by atoms with E-state index >= 15 is 0 Å². The highest BCUT2D eigenvalue weighted by atomic mass is 32.2. The van der Waals surface area contributed by atoms with Gasteiger partial charge in [0.05, 0.1) is 0 Å². The molecule has 0 saturated carbocycles. The van der Waals surface area contributed by atoms with Gasteiger partial charge in [0.15, 0.2) is 0 Å². The summed E-state index contributed by atoms with van der Waals surface area (Å²) in [5.74, 6) is 1.15. The quantitative estimate of drug-likeness (QED) is 0.511. The summed E-state index contributed by atoms with van der Waals surface area (Å²) in [6, 6.07) is 0. The molecule has 0 spiro atoms. The fourth-order valence-electron chi connectivity index (χ4n) is 0.543. The molecule has 0 atom stereocenters. The maximum atomic E-state index is 4.15. The predicted octanol–water partition coefficient (Wildman–Crippen LogP) is 2.85. The second-order valence-corrected chi connectivity index (χ2v) is 4.09. The molecule has 0 bridgehead atoms. The molecule has 0 aliphatic rings. The molecule has 0 unspecified atom stereocenters. The minimum Gasteiger partial charge on any atom is -0.238 e. The molecule has 1 heterocycles. The zero-order valence-electron chi connectivity index (χ0n) is 5.75. The van der Waals surface area contributed by atoms with Crippen LogP contribution in [-0.2, 0) is 0 Å². The summed E-state index contributed by atoms with van der Waals surface area (Å²) < 4.78 is 1.17. The monoisotopic (exact) mass is 172 g/mol. The zero-order valence-corrected chi connectivity index (χ0v) is 7.38. The number of thioether (sulfide) groups is 1. The first kappa shape index (κ1) is 8.08. The average Bonchev–Trinajstić information content (AvgIpc) is 2.41. The molecular weight excluding hydrogens is 162 g/mol. The normalized spacial score (nSPS) is 10.1. The molecule has 3 heteroatoms. The highest BCUT2D eigenvalue weighted by molar-refractivity contribution is 8.00. The van der Waals surface area contributed by atoms with Crippen molar-refractivity contribution in [2.24, 2.45) is 0 Å². The Morgan fingerprint density at radius 3 is 3.20 bits per heavy atom. The van der Waals surface area contributed by atoms with Gasteiger partial charge in [0, 0.05) is 17.3 Å². The Balaban J connectivity index is 2.15. The lowest BCUT2D eigenvalue weighted by Gasteiger charge is -1.92. The van der Waals surface area contributed by atoms with E-state index in [1.165, 1.54) is 10.8 Å². The Bertz CT molecular complexity index is 160. The summed E-state index contributed by atoms with van der Waals surface area (Å²) in [5, 5.41) is 2.01. The molecule has 0 aliphatic carbocycles. The summed E-state index contributed by atoms with van der Waals surface area (Å²) in [5.41, 5.74) is 0. The molecule has 1 aromatic rings. The molecular formula is C7H10NS2. The van der Waals surface area contributed by atoms with Crippen molar-refractivity contribution in [1.82, 2.24) is 4.98 Å². The van der Waals surface area contributed by atoms with Gasteiger partial charge in [-0.15, -0.1) is 11.3 Å². The van der Waals surface area contributed by atoms with Crippen molar-refractivity contribution < 1.29 is 0 Å². The first-order chi connectivity index (χ1) is 4.93. The standard InChI is InChI=1S/C7H10NS2/c1-2-3-5-9-7-8-4-6-10-7/h4,6H,1-3,5H2. The third-order valence-corrected chi connectivity index (χ3v) is 3.08. The van der Waals surface area contributed by atoms with Gasteiger partial charge in [-0.3, -0.25) is 0 Å². The van der Waals surface area contributed by atoms with Crippen molar-refractivity contribution in [3.05, 3.63) is 18.5 Å². The molecule has 0 aliphatic heterocycles. The van der Waals surface area contributed by atoms with Gasteiger partial charge in [-0.1, -0.05) is 25.1 Å².